The van der Waals surface area contributed by atoms with Crippen LogP contribution < -0.4 is 5.32 Å². The summed E-state index contributed by atoms with van der Waals surface area (Å²) in [5, 5.41) is 13.9. The van der Waals surface area contributed by atoms with E-state index in [1.54, 1.807) is 0 Å². The van der Waals surface area contributed by atoms with Crippen molar-refractivity contribution in [1.29, 1.82) is 5.26 Å². The number of benzene rings is 1. The van der Waals surface area contributed by atoms with Crippen LogP contribution in [-0.4, -0.2) is 35.6 Å². The van der Waals surface area contributed by atoms with Crippen LogP contribution in [-0.2, 0) is 0 Å². The topological polar surface area (TPSA) is 52.0 Å². The van der Waals surface area contributed by atoms with Crippen molar-refractivity contribution in [1.82, 2.24) is 9.88 Å². The van der Waals surface area contributed by atoms with E-state index in [4.69, 9.17) is 0 Å². The molecule has 0 radical (unpaired) electrons. The molecule has 1 N–H and O–H groups in total. The van der Waals surface area contributed by atoms with Gasteiger partial charge in [0.15, 0.2) is 0 Å². The zero-order valence-electron chi connectivity index (χ0n) is 13.5. The second-order valence-corrected chi connectivity index (χ2v) is 6.34. The molecule has 0 saturated carbocycles. The Kier molecular flexibility index (Phi) is 4.59. The van der Waals surface area contributed by atoms with Gasteiger partial charge in [0.25, 0.3) is 0 Å². The van der Waals surface area contributed by atoms with Crippen LogP contribution >= 0.6 is 0 Å². The first-order valence-corrected chi connectivity index (χ1v) is 8.09. The summed E-state index contributed by atoms with van der Waals surface area (Å²) in [5.41, 5.74) is 3.57. The maximum Gasteiger partial charge on any atom is 0.143 e. The summed E-state index contributed by atoms with van der Waals surface area (Å²) in [7, 11) is 0. The Morgan fingerprint density at radius 2 is 2.13 bits per heavy atom. The van der Waals surface area contributed by atoms with Crippen LogP contribution in [0.4, 0.5) is 5.69 Å². The Hall–Kier alpha value is -2.38. The molecule has 1 fully saturated rings. The van der Waals surface area contributed by atoms with Gasteiger partial charge in [-0.3, -0.25) is 4.90 Å². The first kappa shape index (κ1) is 15.5. The van der Waals surface area contributed by atoms with Crippen LogP contribution in [0.15, 0.2) is 42.5 Å². The Morgan fingerprint density at radius 1 is 1.39 bits per heavy atom. The minimum Gasteiger partial charge on any atom is -0.382 e. The van der Waals surface area contributed by atoms with E-state index in [1.165, 1.54) is 5.57 Å². The van der Waals surface area contributed by atoms with Crippen LogP contribution in [0.3, 0.4) is 0 Å². The van der Waals surface area contributed by atoms with Gasteiger partial charge in [-0.2, -0.15) is 5.26 Å². The van der Waals surface area contributed by atoms with Crippen molar-refractivity contribution in [2.75, 3.05) is 25.0 Å². The molecule has 4 heteroatoms. The maximum absolute atomic E-state index is 9.19. The summed E-state index contributed by atoms with van der Waals surface area (Å²) < 4.78 is 0. The number of nitrogens with one attached hydrogen (secondary N) is 1. The summed E-state index contributed by atoms with van der Waals surface area (Å²) in [6.07, 6.45) is 2.21. The SMILES string of the molecule is C=C(C)CN1CCC(Nc2cc(C#N)nc3ccccc23)CC1. The van der Waals surface area contributed by atoms with Crippen LogP contribution in [0.1, 0.15) is 25.5 Å². The van der Waals surface area contributed by atoms with Crippen molar-refractivity contribution >= 4 is 16.6 Å². The smallest absolute Gasteiger partial charge is 0.143 e. The zero-order valence-corrected chi connectivity index (χ0v) is 13.5. The number of piperidine rings is 1. The molecule has 1 aromatic heterocycles. The Balaban J connectivity index is 1.75. The average molecular weight is 306 g/mol. The monoisotopic (exact) mass is 306 g/mol. The lowest BCUT2D eigenvalue weighted by atomic mass is 10.0. The number of pyridine rings is 1. The van der Waals surface area contributed by atoms with Crippen LogP contribution in [0.25, 0.3) is 10.9 Å². The molecule has 4 nitrogen and oxygen atoms in total. The number of nitriles is 1. The van der Waals surface area contributed by atoms with E-state index >= 15 is 0 Å². The summed E-state index contributed by atoms with van der Waals surface area (Å²) >= 11 is 0. The Labute approximate surface area is 137 Å². The number of hydrogen-bond acceptors (Lipinski definition) is 4. The number of rotatable bonds is 4. The molecular formula is C19H22N4. The first-order chi connectivity index (χ1) is 11.2. The lowest BCUT2D eigenvalue weighted by molar-refractivity contribution is 0.236. The van der Waals surface area contributed by atoms with Crippen molar-refractivity contribution in [3.05, 3.63) is 48.2 Å². The Bertz CT molecular complexity index is 752. The number of aromatic nitrogens is 1. The van der Waals surface area contributed by atoms with E-state index in [1.807, 2.05) is 24.3 Å². The van der Waals surface area contributed by atoms with Crippen molar-refractivity contribution in [3.8, 4) is 6.07 Å². The van der Waals surface area contributed by atoms with Gasteiger partial charge in [0.2, 0.25) is 0 Å². The third-order valence-corrected chi connectivity index (χ3v) is 4.27. The predicted octanol–water partition coefficient (Wildman–Crippen LogP) is 3.56. The van der Waals surface area contributed by atoms with E-state index in [9.17, 15) is 5.26 Å². The van der Waals surface area contributed by atoms with E-state index in [0.29, 0.717) is 11.7 Å². The molecule has 1 aliphatic rings. The molecule has 0 bridgehead atoms. The number of fused-ring (bicyclic) bond motifs is 1. The molecule has 3 rings (SSSR count). The highest BCUT2D eigenvalue weighted by Crippen LogP contribution is 2.25. The van der Waals surface area contributed by atoms with Crippen molar-refractivity contribution in [3.63, 3.8) is 0 Å². The van der Waals surface area contributed by atoms with E-state index in [-0.39, 0.29) is 0 Å². The number of para-hydroxylation sites is 1. The quantitative estimate of drug-likeness (QED) is 0.878. The standard InChI is InChI=1S/C19H22N4/c1-14(2)13-23-9-7-15(8-10-23)21-19-11-16(12-20)22-18-6-4-3-5-17(18)19/h3-6,11,15H,1,7-10,13H2,2H3,(H,21,22). The van der Waals surface area contributed by atoms with Crippen LogP contribution in [0, 0.1) is 11.3 Å². The fraction of sp³-hybridized carbons (Fsp3) is 0.368. The van der Waals surface area contributed by atoms with E-state index in [0.717, 1.165) is 49.1 Å². The van der Waals surface area contributed by atoms with E-state index < -0.39 is 0 Å². The highest BCUT2D eigenvalue weighted by molar-refractivity contribution is 5.91. The van der Waals surface area contributed by atoms with Crippen molar-refractivity contribution < 1.29 is 0 Å². The zero-order chi connectivity index (χ0) is 16.2. The van der Waals surface area contributed by atoms with Gasteiger partial charge in [0, 0.05) is 36.7 Å². The van der Waals surface area contributed by atoms with E-state index in [2.05, 4.69) is 40.8 Å². The second kappa shape index (κ2) is 6.80. The Morgan fingerprint density at radius 3 is 2.83 bits per heavy atom. The van der Waals surface area contributed by atoms with Gasteiger partial charge in [-0.25, -0.2) is 4.98 Å². The lowest BCUT2D eigenvalue weighted by Gasteiger charge is -2.33. The van der Waals surface area contributed by atoms with Crippen LogP contribution in [0.2, 0.25) is 0 Å². The molecule has 2 aromatic rings. The normalized spacial score (nSPS) is 16.2. The second-order valence-electron chi connectivity index (χ2n) is 6.34. The molecule has 118 valence electrons. The first-order valence-electron chi connectivity index (χ1n) is 8.09. The summed E-state index contributed by atoms with van der Waals surface area (Å²) in [6.45, 7) is 9.23. The summed E-state index contributed by atoms with van der Waals surface area (Å²) in [4.78, 5) is 6.82. The molecule has 2 heterocycles. The molecule has 0 amide bonds. The minimum atomic E-state index is 0.439. The summed E-state index contributed by atoms with van der Waals surface area (Å²) in [5.74, 6) is 0. The van der Waals surface area contributed by atoms with Gasteiger partial charge in [0.1, 0.15) is 11.8 Å². The largest absolute Gasteiger partial charge is 0.382 e. The molecule has 23 heavy (non-hydrogen) atoms. The fourth-order valence-corrected chi connectivity index (χ4v) is 3.19. The molecule has 1 saturated heterocycles. The van der Waals surface area contributed by atoms with Gasteiger partial charge in [0.05, 0.1) is 5.52 Å². The number of hydrogen-bond donors (Lipinski definition) is 1. The molecule has 0 atom stereocenters. The lowest BCUT2D eigenvalue weighted by Crippen LogP contribution is -2.39. The highest BCUT2D eigenvalue weighted by atomic mass is 15.1. The number of nitrogens with zero attached hydrogens (tertiary/aromatic N) is 3. The number of likely N-dealkylation sites (tertiary alicyclic amines) is 1. The number of anilines is 1. The van der Waals surface area contributed by atoms with Gasteiger partial charge >= 0.3 is 0 Å². The molecule has 1 aromatic carbocycles. The summed E-state index contributed by atoms with van der Waals surface area (Å²) in [6, 6.07) is 12.4. The minimum absolute atomic E-state index is 0.439. The van der Waals surface area contributed by atoms with Gasteiger partial charge in [-0.05, 0) is 31.9 Å². The fourth-order valence-electron chi connectivity index (χ4n) is 3.19. The molecule has 0 aliphatic carbocycles. The van der Waals surface area contributed by atoms with Gasteiger partial charge in [-0.15, -0.1) is 0 Å². The maximum atomic E-state index is 9.19. The van der Waals surface area contributed by atoms with Crippen molar-refractivity contribution in [2.24, 2.45) is 0 Å². The molecular weight excluding hydrogens is 284 g/mol. The molecule has 0 unspecified atom stereocenters. The molecule has 1 aliphatic heterocycles. The van der Waals surface area contributed by atoms with Crippen LogP contribution in [0.5, 0.6) is 0 Å². The van der Waals surface area contributed by atoms with Gasteiger partial charge in [-0.1, -0.05) is 30.4 Å². The third-order valence-electron chi connectivity index (χ3n) is 4.27. The van der Waals surface area contributed by atoms with Crippen molar-refractivity contribution in [2.45, 2.75) is 25.8 Å². The molecule has 0 spiro atoms. The van der Waals surface area contributed by atoms with Gasteiger partial charge < -0.3 is 5.32 Å². The predicted molar refractivity (Wildman–Crippen MR) is 94.4 cm³/mol. The average Bonchev–Trinajstić information content (AvgIpc) is 2.56. The highest BCUT2D eigenvalue weighted by Gasteiger charge is 2.19. The third kappa shape index (κ3) is 3.69.